The molecule has 0 spiro atoms. The van der Waals surface area contributed by atoms with Crippen molar-refractivity contribution in [2.45, 2.75) is 5.22 Å². The van der Waals surface area contributed by atoms with Gasteiger partial charge in [0.05, 0.1) is 5.75 Å². The predicted octanol–water partition coefficient (Wildman–Crippen LogP) is 2.47. The normalized spacial score (nSPS) is 10.8. The molecule has 2 aromatic carbocycles. The standard InChI is InChI=1S/C14H11N3O2S/c15-12(18)8-20-14-17-16-13(19-14)11-6-5-9-3-1-2-4-10(9)7-11/h1-7H,8H2,(H2,15,18). The molecule has 1 heterocycles. The molecule has 6 heteroatoms. The molecule has 1 aromatic heterocycles. The molecular formula is C14H11N3O2S. The molecule has 0 aliphatic carbocycles. The molecule has 0 radical (unpaired) electrons. The van der Waals surface area contributed by atoms with E-state index in [2.05, 4.69) is 10.2 Å². The van der Waals surface area contributed by atoms with Crippen LogP contribution in [0, 0.1) is 0 Å². The molecule has 0 saturated carbocycles. The van der Waals surface area contributed by atoms with E-state index in [-0.39, 0.29) is 5.75 Å². The maximum atomic E-state index is 10.7. The van der Waals surface area contributed by atoms with Crippen LogP contribution in [0.3, 0.4) is 0 Å². The van der Waals surface area contributed by atoms with E-state index in [0.29, 0.717) is 11.1 Å². The zero-order chi connectivity index (χ0) is 13.9. The highest BCUT2D eigenvalue weighted by Crippen LogP contribution is 2.26. The van der Waals surface area contributed by atoms with E-state index in [4.69, 9.17) is 10.2 Å². The van der Waals surface area contributed by atoms with Gasteiger partial charge in [0.15, 0.2) is 0 Å². The van der Waals surface area contributed by atoms with Crippen LogP contribution in [0.4, 0.5) is 0 Å². The first-order chi connectivity index (χ1) is 9.72. The van der Waals surface area contributed by atoms with Crippen LogP contribution in [0.2, 0.25) is 0 Å². The minimum Gasteiger partial charge on any atom is -0.411 e. The Bertz CT molecular complexity index is 770. The van der Waals surface area contributed by atoms with E-state index in [9.17, 15) is 4.79 Å². The number of rotatable bonds is 4. The molecule has 0 bridgehead atoms. The number of benzene rings is 2. The minimum atomic E-state index is -0.416. The topological polar surface area (TPSA) is 82.0 Å². The van der Waals surface area contributed by atoms with Crippen molar-refractivity contribution in [2.75, 3.05) is 5.75 Å². The maximum Gasteiger partial charge on any atom is 0.277 e. The van der Waals surface area contributed by atoms with Crippen molar-refractivity contribution in [1.82, 2.24) is 10.2 Å². The Morgan fingerprint density at radius 2 is 1.95 bits per heavy atom. The Hall–Kier alpha value is -2.34. The van der Waals surface area contributed by atoms with E-state index in [1.165, 1.54) is 0 Å². The Kier molecular flexibility index (Phi) is 3.39. The number of nitrogens with zero attached hydrogens (tertiary/aromatic N) is 2. The fourth-order valence-corrected chi connectivity index (χ4v) is 2.34. The third-order valence-corrected chi connectivity index (χ3v) is 3.58. The first kappa shape index (κ1) is 12.7. The third kappa shape index (κ3) is 2.65. The molecule has 3 aromatic rings. The van der Waals surface area contributed by atoms with Crippen molar-refractivity contribution in [3.8, 4) is 11.5 Å². The highest BCUT2D eigenvalue weighted by atomic mass is 32.2. The molecule has 0 saturated heterocycles. The average molecular weight is 285 g/mol. The summed E-state index contributed by atoms with van der Waals surface area (Å²) in [6.45, 7) is 0. The fraction of sp³-hybridized carbons (Fsp3) is 0.0714. The van der Waals surface area contributed by atoms with E-state index >= 15 is 0 Å². The number of carbonyl (C=O) groups is 1. The van der Waals surface area contributed by atoms with Crippen molar-refractivity contribution in [1.29, 1.82) is 0 Å². The van der Waals surface area contributed by atoms with Crippen LogP contribution in [-0.4, -0.2) is 21.9 Å². The molecule has 0 aliphatic heterocycles. The van der Waals surface area contributed by atoms with Crippen LogP contribution in [0.15, 0.2) is 52.1 Å². The molecule has 0 unspecified atom stereocenters. The lowest BCUT2D eigenvalue weighted by Gasteiger charge is -1.99. The number of aromatic nitrogens is 2. The molecule has 20 heavy (non-hydrogen) atoms. The van der Waals surface area contributed by atoms with Gasteiger partial charge in [-0.05, 0) is 22.9 Å². The van der Waals surface area contributed by atoms with Gasteiger partial charge in [0.2, 0.25) is 11.8 Å². The quantitative estimate of drug-likeness (QED) is 0.745. The summed E-state index contributed by atoms with van der Waals surface area (Å²) in [5.41, 5.74) is 5.92. The molecular weight excluding hydrogens is 274 g/mol. The molecule has 5 nitrogen and oxygen atoms in total. The minimum absolute atomic E-state index is 0.124. The van der Waals surface area contributed by atoms with Gasteiger partial charge in [-0.2, -0.15) is 0 Å². The van der Waals surface area contributed by atoms with E-state index in [0.717, 1.165) is 28.1 Å². The predicted molar refractivity (Wildman–Crippen MR) is 77.2 cm³/mol. The van der Waals surface area contributed by atoms with Crippen molar-refractivity contribution >= 4 is 28.4 Å². The number of hydrogen-bond donors (Lipinski definition) is 1. The molecule has 1 amide bonds. The monoisotopic (exact) mass is 285 g/mol. The number of nitrogens with two attached hydrogens (primary N) is 1. The van der Waals surface area contributed by atoms with Crippen LogP contribution in [0.25, 0.3) is 22.2 Å². The number of hydrogen-bond acceptors (Lipinski definition) is 5. The van der Waals surface area contributed by atoms with Crippen LogP contribution < -0.4 is 5.73 Å². The zero-order valence-electron chi connectivity index (χ0n) is 10.4. The summed E-state index contributed by atoms with van der Waals surface area (Å²) in [5, 5.41) is 10.5. The van der Waals surface area contributed by atoms with Crippen LogP contribution in [-0.2, 0) is 4.79 Å². The summed E-state index contributed by atoms with van der Waals surface area (Å²) in [5.74, 6) is 0.141. The molecule has 0 atom stereocenters. The molecule has 0 fully saturated rings. The summed E-state index contributed by atoms with van der Waals surface area (Å²) < 4.78 is 5.50. The lowest BCUT2D eigenvalue weighted by Crippen LogP contribution is -2.12. The Morgan fingerprint density at radius 1 is 1.15 bits per heavy atom. The van der Waals surface area contributed by atoms with Crippen LogP contribution >= 0.6 is 11.8 Å². The largest absolute Gasteiger partial charge is 0.411 e. The van der Waals surface area contributed by atoms with Crippen LogP contribution in [0.5, 0.6) is 0 Å². The number of fused-ring (bicyclic) bond motifs is 1. The van der Waals surface area contributed by atoms with Gasteiger partial charge < -0.3 is 10.2 Å². The van der Waals surface area contributed by atoms with Gasteiger partial charge in [0.1, 0.15) is 0 Å². The van der Waals surface area contributed by atoms with Gasteiger partial charge in [-0.15, -0.1) is 10.2 Å². The number of carbonyl (C=O) groups excluding carboxylic acids is 1. The molecule has 100 valence electrons. The molecule has 3 rings (SSSR count). The first-order valence-electron chi connectivity index (χ1n) is 5.96. The van der Waals surface area contributed by atoms with Crippen molar-refractivity contribution in [3.63, 3.8) is 0 Å². The highest BCUT2D eigenvalue weighted by molar-refractivity contribution is 7.99. The van der Waals surface area contributed by atoms with E-state index in [1.54, 1.807) is 0 Å². The summed E-state index contributed by atoms with van der Waals surface area (Å²) in [4.78, 5) is 10.7. The summed E-state index contributed by atoms with van der Waals surface area (Å²) in [6, 6.07) is 14.0. The zero-order valence-corrected chi connectivity index (χ0v) is 11.3. The van der Waals surface area contributed by atoms with E-state index < -0.39 is 5.91 Å². The Balaban J connectivity index is 1.89. The van der Waals surface area contributed by atoms with Crippen molar-refractivity contribution < 1.29 is 9.21 Å². The number of primary amides is 1. The number of thioether (sulfide) groups is 1. The van der Waals surface area contributed by atoms with Gasteiger partial charge in [-0.25, -0.2) is 0 Å². The van der Waals surface area contributed by atoms with Crippen LogP contribution in [0.1, 0.15) is 0 Å². The second-order valence-corrected chi connectivity index (χ2v) is 5.12. The van der Waals surface area contributed by atoms with Gasteiger partial charge in [0, 0.05) is 5.56 Å². The smallest absolute Gasteiger partial charge is 0.277 e. The third-order valence-electron chi connectivity index (χ3n) is 2.74. The summed E-state index contributed by atoms with van der Waals surface area (Å²) >= 11 is 1.13. The Labute approximate surface area is 119 Å². The summed E-state index contributed by atoms with van der Waals surface area (Å²) in [6.07, 6.45) is 0. The summed E-state index contributed by atoms with van der Waals surface area (Å²) in [7, 11) is 0. The van der Waals surface area contributed by atoms with Crippen molar-refractivity contribution in [2.24, 2.45) is 5.73 Å². The second kappa shape index (κ2) is 5.34. The fourth-order valence-electron chi connectivity index (χ4n) is 1.84. The second-order valence-electron chi connectivity index (χ2n) is 4.19. The average Bonchev–Trinajstić information content (AvgIpc) is 2.93. The molecule has 0 aliphatic rings. The van der Waals surface area contributed by atoms with Gasteiger partial charge in [-0.1, -0.05) is 42.1 Å². The van der Waals surface area contributed by atoms with Gasteiger partial charge in [0.25, 0.3) is 5.22 Å². The maximum absolute atomic E-state index is 10.7. The van der Waals surface area contributed by atoms with Crippen molar-refractivity contribution in [3.05, 3.63) is 42.5 Å². The molecule has 2 N–H and O–H groups in total. The van der Waals surface area contributed by atoms with E-state index in [1.807, 2.05) is 42.5 Å². The lowest BCUT2D eigenvalue weighted by atomic mass is 10.1. The Morgan fingerprint density at radius 3 is 2.75 bits per heavy atom. The number of amides is 1. The van der Waals surface area contributed by atoms with Gasteiger partial charge >= 0.3 is 0 Å². The SMILES string of the molecule is NC(=O)CSc1nnc(-c2ccc3ccccc3c2)o1. The highest BCUT2D eigenvalue weighted by Gasteiger charge is 2.10. The first-order valence-corrected chi connectivity index (χ1v) is 6.95. The van der Waals surface area contributed by atoms with Gasteiger partial charge in [-0.3, -0.25) is 4.79 Å². The lowest BCUT2D eigenvalue weighted by molar-refractivity contribution is -0.115.